The second-order valence-electron chi connectivity index (χ2n) is 3.68. The monoisotopic (exact) mass is 177 g/mol. The molecule has 1 aromatic rings. The third-order valence-corrected chi connectivity index (χ3v) is 2.52. The van der Waals surface area contributed by atoms with Gasteiger partial charge >= 0.3 is 0 Å². The molecule has 0 spiro atoms. The quantitative estimate of drug-likeness (QED) is 0.757. The van der Waals surface area contributed by atoms with E-state index in [4.69, 9.17) is 0 Å². The Balaban J connectivity index is 2.07. The maximum absolute atomic E-state index is 4.19. The number of hydrogen-bond acceptors (Lipinski definition) is 3. The molecule has 0 aliphatic heterocycles. The Hall–Kier alpha value is -0.960. The standard InChI is InChI=1S/C10H15N3/c1-7-10(5-11-9-3-4-9)8(2)13-6-12-7/h6,9,11H,3-5H2,1-2H3. The van der Waals surface area contributed by atoms with Crippen molar-refractivity contribution in [1.29, 1.82) is 0 Å². The molecule has 1 saturated carbocycles. The van der Waals surface area contributed by atoms with Crippen molar-refractivity contribution in [2.75, 3.05) is 0 Å². The van der Waals surface area contributed by atoms with E-state index in [1.54, 1.807) is 6.33 Å². The molecule has 0 radical (unpaired) electrons. The first-order valence-corrected chi connectivity index (χ1v) is 4.78. The minimum absolute atomic E-state index is 0.749. The Morgan fingerprint density at radius 3 is 2.46 bits per heavy atom. The first kappa shape index (κ1) is 8.63. The zero-order valence-electron chi connectivity index (χ0n) is 8.17. The van der Waals surface area contributed by atoms with Gasteiger partial charge in [-0.1, -0.05) is 0 Å². The van der Waals surface area contributed by atoms with Crippen molar-refractivity contribution < 1.29 is 0 Å². The predicted molar refractivity (Wildman–Crippen MR) is 51.4 cm³/mol. The molecule has 0 aromatic carbocycles. The number of aryl methyl sites for hydroxylation is 2. The van der Waals surface area contributed by atoms with Gasteiger partial charge in [0.2, 0.25) is 0 Å². The first-order chi connectivity index (χ1) is 6.27. The Morgan fingerprint density at radius 2 is 1.92 bits per heavy atom. The average molecular weight is 177 g/mol. The summed E-state index contributed by atoms with van der Waals surface area (Å²) in [4.78, 5) is 8.37. The Kier molecular flexibility index (Phi) is 2.27. The predicted octanol–water partition coefficient (Wildman–Crippen LogP) is 1.35. The van der Waals surface area contributed by atoms with Gasteiger partial charge in [-0.3, -0.25) is 0 Å². The summed E-state index contributed by atoms with van der Waals surface area (Å²) in [6.45, 7) is 5.00. The molecule has 0 saturated heterocycles. The summed E-state index contributed by atoms with van der Waals surface area (Å²) < 4.78 is 0. The average Bonchev–Trinajstić information content (AvgIpc) is 2.87. The molecule has 0 amide bonds. The number of aromatic nitrogens is 2. The van der Waals surface area contributed by atoms with Crippen molar-refractivity contribution in [3.63, 3.8) is 0 Å². The van der Waals surface area contributed by atoms with E-state index in [1.807, 2.05) is 13.8 Å². The van der Waals surface area contributed by atoms with Crippen molar-refractivity contribution in [3.05, 3.63) is 23.3 Å². The fourth-order valence-corrected chi connectivity index (χ4v) is 1.41. The topological polar surface area (TPSA) is 37.8 Å². The second-order valence-corrected chi connectivity index (χ2v) is 3.68. The highest BCUT2D eigenvalue weighted by Gasteiger charge is 2.20. The van der Waals surface area contributed by atoms with Gasteiger partial charge in [0.1, 0.15) is 6.33 Å². The van der Waals surface area contributed by atoms with Gasteiger partial charge in [0.05, 0.1) is 0 Å². The lowest BCUT2D eigenvalue weighted by Gasteiger charge is -2.07. The lowest BCUT2D eigenvalue weighted by Crippen LogP contribution is -2.17. The van der Waals surface area contributed by atoms with E-state index in [9.17, 15) is 0 Å². The second kappa shape index (κ2) is 3.42. The van der Waals surface area contributed by atoms with Crippen molar-refractivity contribution in [1.82, 2.24) is 15.3 Å². The van der Waals surface area contributed by atoms with Crippen LogP contribution in [0.5, 0.6) is 0 Å². The Bertz CT molecular complexity index is 285. The summed E-state index contributed by atoms with van der Waals surface area (Å²) in [5, 5.41) is 3.47. The molecule has 0 atom stereocenters. The Labute approximate surface area is 78.6 Å². The molecule has 1 N–H and O–H groups in total. The molecule has 3 nitrogen and oxygen atoms in total. The summed E-state index contributed by atoms with van der Waals surface area (Å²) in [5.41, 5.74) is 3.45. The molecular weight excluding hydrogens is 162 g/mol. The molecule has 3 heteroatoms. The minimum atomic E-state index is 0.749. The van der Waals surface area contributed by atoms with Crippen LogP contribution in [0.3, 0.4) is 0 Å². The maximum atomic E-state index is 4.19. The van der Waals surface area contributed by atoms with Crippen LogP contribution in [0.2, 0.25) is 0 Å². The number of hydrogen-bond donors (Lipinski definition) is 1. The normalized spacial score (nSPS) is 16.2. The van der Waals surface area contributed by atoms with Crippen LogP contribution in [0.4, 0.5) is 0 Å². The molecule has 1 heterocycles. The van der Waals surface area contributed by atoms with Crippen molar-refractivity contribution in [2.24, 2.45) is 0 Å². The number of nitrogens with one attached hydrogen (secondary N) is 1. The SMILES string of the molecule is Cc1ncnc(C)c1CNC1CC1. The van der Waals surface area contributed by atoms with Crippen LogP contribution in [0.25, 0.3) is 0 Å². The molecule has 13 heavy (non-hydrogen) atoms. The van der Waals surface area contributed by atoms with E-state index >= 15 is 0 Å². The van der Waals surface area contributed by atoms with Gasteiger partial charge in [-0.2, -0.15) is 0 Å². The van der Waals surface area contributed by atoms with Crippen molar-refractivity contribution in [2.45, 2.75) is 39.3 Å². The molecule has 0 unspecified atom stereocenters. The highest BCUT2D eigenvalue weighted by molar-refractivity contribution is 5.22. The van der Waals surface area contributed by atoms with Crippen LogP contribution >= 0.6 is 0 Å². The molecule has 0 bridgehead atoms. The van der Waals surface area contributed by atoms with Gasteiger partial charge in [-0.05, 0) is 26.7 Å². The highest BCUT2D eigenvalue weighted by atomic mass is 15.0. The van der Waals surface area contributed by atoms with Crippen LogP contribution in [0.15, 0.2) is 6.33 Å². The minimum Gasteiger partial charge on any atom is -0.310 e. The van der Waals surface area contributed by atoms with Crippen LogP contribution in [-0.4, -0.2) is 16.0 Å². The fourth-order valence-electron chi connectivity index (χ4n) is 1.41. The first-order valence-electron chi connectivity index (χ1n) is 4.78. The number of rotatable bonds is 3. The highest BCUT2D eigenvalue weighted by Crippen LogP contribution is 2.20. The summed E-state index contributed by atoms with van der Waals surface area (Å²) >= 11 is 0. The third-order valence-electron chi connectivity index (χ3n) is 2.52. The van der Waals surface area contributed by atoms with Gasteiger partial charge in [0.15, 0.2) is 0 Å². The van der Waals surface area contributed by atoms with Crippen LogP contribution in [0, 0.1) is 13.8 Å². The molecule has 2 rings (SSSR count). The smallest absolute Gasteiger partial charge is 0.115 e. The van der Waals surface area contributed by atoms with Gasteiger partial charge in [0.25, 0.3) is 0 Å². The lowest BCUT2D eigenvalue weighted by atomic mass is 10.2. The molecule has 1 fully saturated rings. The zero-order valence-corrected chi connectivity index (χ0v) is 8.17. The molecular formula is C10H15N3. The van der Waals surface area contributed by atoms with Gasteiger partial charge in [0, 0.05) is 29.5 Å². The van der Waals surface area contributed by atoms with Crippen molar-refractivity contribution in [3.8, 4) is 0 Å². The largest absolute Gasteiger partial charge is 0.310 e. The van der Waals surface area contributed by atoms with Crippen LogP contribution in [-0.2, 0) is 6.54 Å². The summed E-state index contributed by atoms with van der Waals surface area (Å²) in [6, 6.07) is 0.749. The van der Waals surface area contributed by atoms with Crippen LogP contribution < -0.4 is 5.32 Å². The van der Waals surface area contributed by atoms with E-state index in [0.717, 1.165) is 24.0 Å². The van der Waals surface area contributed by atoms with E-state index in [0.29, 0.717) is 0 Å². The van der Waals surface area contributed by atoms with Gasteiger partial charge in [-0.15, -0.1) is 0 Å². The van der Waals surface area contributed by atoms with E-state index in [2.05, 4.69) is 15.3 Å². The third kappa shape index (κ3) is 2.04. The molecule has 1 aliphatic rings. The lowest BCUT2D eigenvalue weighted by molar-refractivity contribution is 0.675. The fraction of sp³-hybridized carbons (Fsp3) is 0.600. The zero-order chi connectivity index (χ0) is 9.26. The van der Waals surface area contributed by atoms with Crippen LogP contribution in [0.1, 0.15) is 29.8 Å². The Morgan fingerprint density at radius 1 is 1.31 bits per heavy atom. The number of nitrogens with zero attached hydrogens (tertiary/aromatic N) is 2. The van der Waals surface area contributed by atoms with E-state index < -0.39 is 0 Å². The van der Waals surface area contributed by atoms with E-state index in [-0.39, 0.29) is 0 Å². The van der Waals surface area contributed by atoms with Gasteiger partial charge < -0.3 is 5.32 Å². The summed E-state index contributed by atoms with van der Waals surface area (Å²) in [7, 11) is 0. The van der Waals surface area contributed by atoms with Crippen molar-refractivity contribution >= 4 is 0 Å². The maximum Gasteiger partial charge on any atom is 0.115 e. The molecule has 1 aliphatic carbocycles. The summed E-state index contributed by atoms with van der Waals surface area (Å²) in [5.74, 6) is 0. The molecule has 70 valence electrons. The van der Waals surface area contributed by atoms with E-state index in [1.165, 1.54) is 18.4 Å². The van der Waals surface area contributed by atoms with Gasteiger partial charge in [-0.25, -0.2) is 9.97 Å². The summed E-state index contributed by atoms with van der Waals surface area (Å²) in [6.07, 6.45) is 4.28. The molecule has 1 aromatic heterocycles.